The Hall–Kier alpha value is -2.27. The van der Waals surface area contributed by atoms with E-state index in [0.717, 1.165) is 28.1 Å². The van der Waals surface area contributed by atoms with Gasteiger partial charge in [0.25, 0.3) is 5.91 Å². The first-order valence-corrected chi connectivity index (χ1v) is 10.7. The topological polar surface area (TPSA) is 46.9 Å². The zero-order chi connectivity index (χ0) is 18.8. The van der Waals surface area contributed by atoms with Crippen LogP contribution in [0, 0.1) is 0 Å². The first-order chi connectivity index (χ1) is 13.2. The van der Waals surface area contributed by atoms with E-state index in [9.17, 15) is 4.79 Å². The van der Waals surface area contributed by atoms with E-state index in [0.29, 0.717) is 18.2 Å². The van der Waals surface area contributed by atoms with E-state index in [-0.39, 0.29) is 5.91 Å². The predicted molar refractivity (Wildman–Crippen MR) is 111 cm³/mol. The smallest absolute Gasteiger partial charge is 0.251 e. The maximum absolute atomic E-state index is 12.6. The van der Waals surface area contributed by atoms with Crippen LogP contribution in [0.2, 0.25) is 0 Å². The largest absolute Gasteiger partial charge is 0.346 e. The molecule has 0 saturated heterocycles. The molecule has 140 valence electrons. The Bertz CT molecular complexity index is 958. The molecule has 4 nitrogen and oxygen atoms in total. The number of carbonyl (C=O) groups excluding carboxylic acids is 1. The second-order valence-electron chi connectivity index (χ2n) is 6.96. The molecule has 3 aromatic rings. The van der Waals surface area contributed by atoms with Crippen molar-refractivity contribution in [1.82, 2.24) is 14.9 Å². The summed E-state index contributed by atoms with van der Waals surface area (Å²) in [6.45, 7) is 4.76. The van der Waals surface area contributed by atoms with Crippen LogP contribution in [0.5, 0.6) is 0 Å². The molecule has 5 heteroatoms. The van der Waals surface area contributed by atoms with Gasteiger partial charge >= 0.3 is 0 Å². The van der Waals surface area contributed by atoms with Crippen molar-refractivity contribution in [2.45, 2.75) is 50.6 Å². The van der Waals surface area contributed by atoms with Crippen molar-refractivity contribution >= 4 is 28.6 Å². The fourth-order valence-electron chi connectivity index (χ4n) is 3.51. The number of thioether (sulfide) groups is 1. The van der Waals surface area contributed by atoms with Crippen molar-refractivity contribution in [3.63, 3.8) is 0 Å². The molecule has 0 atom stereocenters. The Balaban J connectivity index is 1.47. The standard InChI is InChI=1S/C22H25N3OS/c1-3-18-12-16-11-15(5-10-21(16)25(18)19-7-8-19)22(26)24-13-17-6-9-20(14-23-17)27-4-2/h5-6,9-12,14,19H,3-4,7-8,13H2,1-2H3,(H,24,26). The minimum Gasteiger partial charge on any atom is -0.346 e. The average Bonchev–Trinajstić information content (AvgIpc) is 3.46. The molecule has 1 amide bonds. The molecule has 4 rings (SSSR count). The first-order valence-electron chi connectivity index (χ1n) is 9.69. The van der Waals surface area contributed by atoms with Gasteiger partial charge in [-0.2, -0.15) is 0 Å². The molecule has 0 spiro atoms. The molecule has 1 saturated carbocycles. The Morgan fingerprint density at radius 2 is 2.07 bits per heavy atom. The Morgan fingerprint density at radius 1 is 1.22 bits per heavy atom. The van der Waals surface area contributed by atoms with E-state index in [1.165, 1.54) is 24.1 Å². The molecule has 1 N–H and O–H groups in total. The van der Waals surface area contributed by atoms with Crippen LogP contribution in [0.25, 0.3) is 10.9 Å². The lowest BCUT2D eigenvalue weighted by atomic mass is 10.1. The van der Waals surface area contributed by atoms with Gasteiger partial charge in [-0.15, -0.1) is 11.8 Å². The summed E-state index contributed by atoms with van der Waals surface area (Å²) in [5.74, 6) is 0.977. The summed E-state index contributed by atoms with van der Waals surface area (Å²) in [6, 6.07) is 13.0. The third kappa shape index (κ3) is 3.88. The van der Waals surface area contributed by atoms with E-state index in [2.05, 4.69) is 46.9 Å². The Kier molecular flexibility index (Phi) is 5.21. The second kappa shape index (κ2) is 7.77. The van der Waals surface area contributed by atoms with Gasteiger partial charge in [-0.1, -0.05) is 13.8 Å². The number of carbonyl (C=O) groups is 1. The number of aromatic nitrogens is 2. The number of aryl methyl sites for hydroxylation is 1. The van der Waals surface area contributed by atoms with Crippen molar-refractivity contribution in [3.8, 4) is 0 Å². The number of rotatable bonds is 7. The third-order valence-corrected chi connectivity index (χ3v) is 5.86. The highest BCUT2D eigenvalue weighted by molar-refractivity contribution is 7.99. The van der Waals surface area contributed by atoms with E-state index < -0.39 is 0 Å². The minimum atomic E-state index is -0.0528. The highest BCUT2D eigenvalue weighted by atomic mass is 32.2. The maximum Gasteiger partial charge on any atom is 0.251 e. The monoisotopic (exact) mass is 379 g/mol. The maximum atomic E-state index is 12.6. The Morgan fingerprint density at radius 3 is 2.74 bits per heavy atom. The molecule has 0 radical (unpaired) electrons. The molecule has 2 heterocycles. The first kappa shape index (κ1) is 18.1. The van der Waals surface area contributed by atoms with E-state index in [1.54, 1.807) is 11.8 Å². The molecule has 0 bridgehead atoms. The highest BCUT2D eigenvalue weighted by Crippen LogP contribution is 2.39. The lowest BCUT2D eigenvalue weighted by Crippen LogP contribution is -2.23. The van der Waals surface area contributed by atoms with Gasteiger partial charge in [0.15, 0.2) is 0 Å². The molecule has 1 aliphatic rings. The molecule has 0 unspecified atom stereocenters. The van der Waals surface area contributed by atoms with Crippen molar-refractivity contribution in [3.05, 3.63) is 59.5 Å². The van der Waals surface area contributed by atoms with Gasteiger partial charge in [-0.25, -0.2) is 0 Å². The fraction of sp³-hybridized carbons (Fsp3) is 0.364. The van der Waals surface area contributed by atoms with Gasteiger partial charge < -0.3 is 9.88 Å². The zero-order valence-corrected chi connectivity index (χ0v) is 16.7. The van der Waals surface area contributed by atoms with E-state index >= 15 is 0 Å². The number of fused-ring (bicyclic) bond motifs is 1. The Labute approximate surface area is 164 Å². The van der Waals surface area contributed by atoms with Crippen molar-refractivity contribution in [2.75, 3.05) is 5.75 Å². The van der Waals surface area contributed by atoms with Gasteiger partial charge in [0.05, 0.1) is 12.2 Å². The molecule has 1 fully saturated rings. The number of amides is 1. The van der Waals surface area contributed by atoms with Gasteiger partial charge in [0.2, 0.25) is 0 Å². The molecule has 1 aliphatic carbocycles. The molecule has 0 aliphatic heterocycles. The summed E-state index contributed by atoms with van der Waals surface area (Å²) in [5.41, 5.74) is 4.19. The SMILES string of the molecule is CCSc1ccc(CNC(=O)c2ccc3c(c2)cc(CC)n3C2CC2)nc1. The second-order valence-corrected chi connectivity index (χ2v) is 8.30. The van der Waals surface area contributed by atoms with Gasteiger partial charge in [0.1, 0.15) is 0 Å². The fourth-order valence-corrected chi connectivity index (χ4v) is 4.14. The summed E-state index contributed by atoms with van der Waals surface area (Å²) in [6.07, 6.45) is 5.42. The quantitative estimate of drug-likeness (QED) is 0.589. The number of nitrogens with one attached hydrogen (secondary N) is 1. The summed E-state index contributed by atoms with van der Waals surface area (Å²) in [4.78, 5) is 18.2. The van der Waals surface area contributed by atoms with Crippen LogP contribution < -0.4 is 5.32 Å². The molecule has 1 aromatic carbocycles. The predicted octanol–water partition coefficient (Wildman–Crippen LogP) is 4.98. The molecule has 27 heavy (non-hydrogen) atoms. The summed E-state index contributed by atoms with van der Waals surface area (Å²) in [5, 5.41) is 4.14. The summed E-state index contributed by atoms with van der Waals surface area (Å²) < 4.78 is 2.46. The van der Waals surface area contributed by atoms with Gasteiger partial charge in [-0.05, 0) is 61.4 Å². The van der Waals surface area contributed by atoms with Gasteiger partial charge in [0, 0.05) is 39.3 Å². The van der Waals surface area contributed by atoms with Gasteiger partial charge in [-0.3, -0.25) is 9.78 Å². The van der Waals surface area contributed by atoms with E-state index in [4.69, 9.17) is 0 Å². The molecular weight excluding hydrogens is 354 g/mol. The molecule has 2 aromatic heterocycles. The third-order valence-electron chi connectivity index (χ3n) is 4.99. The zero-order valence-electron chi connectivity index (χ0n) is 15.9. The number of nitrogens with zero attached hydrogens (tertiary/aromatic N) is 2. The van der Waals surface area contributed by atoms with Crippen molar-refractivity contribution in [2.24, 2.45) is 0 Å². The number of benzene rings is 1. The number of hydrogen-bond acceptors (Lipinski definition) is 3. The van der Waals surface area contributed by atoms with Crippen LogP contribution in [0.15, 0.2) is 47.5 Å². The van der Waals surface area contributed by atoms with Crippen LogP contribution in [-0.4, -0.2) is 21.2 Å². The van der Waals surface area contributed by atoms with E-state index in [1.807, 2.05) is 24.4 Å². The minimum absolute atomic E-state index is 0.0528. The van der Waals surface area contributed by atoms with Crippen LogP contribution in [0.3, 0.4) is 0 Å². The number of hydrogen-bond donors (Lipinski definition) is 1. The van der Waals surface area contributed by atoms with Crippen LogP contribution in [-0.2, 0) is 13.0 Å². The summed E-state index contributed by atoms with van der Waals surface area (Å²) >= 11 is 1.77. The highest BCUT2D eigenvalue weighted by Gasteiger charge is 2.26. The normalized spacial score (nSPS) is 13.9. The van der Waals surface area contributed by atoms with Crippen LogP contribution >= 0.6 is 11.8 Å². The lowest BCUT2D eigenvalue weighted by Gasteiger charge is -2.08. The molecular formula is C22H25N3OS. The number of pyridine rings is 1. The van der Waals surface area contributed by atoms with Crippen LogP contribution in [0.4, 0.5) is 0 Å². The lowest BCUT2D eigenvalue weighted by molar-refractivity contribution is 0.0950. The van der Waals surface area contributed by atoms with Crippen LogP contribution in [0.1, 0.15) is 54.5 Å². The van der Waals surface area contributed by atoms with Crippen molar-refractivity contribution < 1.29 is 4.79 Å². The van der Waals surface area contributed by atoms with Crippen molar-refractivity contribution in [1.29, 1.82) is 0 Å². The average molecular weight is 380 g/mol. The summed E-state index contributed by atoms with van der Waals surface area (Å²) in [7, 11) is 0.